The minimum atomic E-state index is -4.76. The molecule has 27 heavy (non-hydrogen) atoms. The van der Waals surface area contributed by atoms with Gasteiger partial charge in [0.25, 0.3) is 5.56 Å². The van der Waals surface area contributed by atoms with E-state index < -0.39 is 17.4 Å². The number of halogens is 3. The number of hydrogen-bond acceptors (Lipinski definition) is 4. The number of H-pyrrole nitrogens is 1. The Morgan fingerprint density at radius 1 is 1.15 bits per heavy atom. The average Bonchev–Trinajstić information content (AvgIpc) is 2.60. The first-order valence-electron chi connectivity index (χ1n) is 9.21. The number of nitrogens with zero attached hydrogens (tertiary/aromatic N) is 3. The average molecular weight is 382 g/mol. The predicted octanol–water partition coefficient (Wildman–Crippen LogP) is 3.10. The zero-order valence-corrected chi connectivity index (χ0v) is 15.8. The summed E-state index contributed by atoms with van der Waals surface area (Å²) < 4.78 is 38.4. The number of benzene rings is 1. The van der Waals surface area contributed by atoms with Crippen molar-refractivity contribution in [2.75, 3.05) is 26.2 Å². The molecule has 3 rings (SSSR count). The third-order valence-corrected chi connectivity index (χ3v) is 5.38. The van der Waals surface area contributed by atoms with Crippen LogP contribution in [0.15, 0.2) is 23.0 Å². The fourth-order valence-corrected chi connectivity index (χ4v) is 3.43. The molecule has 2 heterocycles. The van der Waals surface area contributed by atoms with E-state index in [2.05, 4.69) is 40.5 Å². The van der Waals surface area contributed by atoms with Crippen molar-refractivity contribution in [1.82, 2.24) is 19.8 Å². The van der Waals surface area contributed by atoms with Crippen molar-refractivity contribution in [1.29, 1.82) is 0 Å². The van der Waals surface area contributed by atoms with Crippen LogP contribution in [0.25, 0.3) is 11.0 Å². The number of fused-ring (bicyclic) bond motifs is 1. The van der Waals surface area contributed by atoms with Crippen molar-refractivity contribution < 1.29 is 13.2 Å². The van der Waals surface area contributed by atoms with Crippen LogP contribution in [-0.2, 0) is 12.7 Å². The van der Waals surface area contributed by atoms with Gasteiger partial charge in [-0.1, -0.05) is 19.9 Å². The molecule has 1 aliphatic rings. The number of rotatable bonds is 4. The number of aromatic nitrogens is 2. The van der Waals surface area contributed by atoms with Gasteiger partial charge in [-0.2, -0.15) is 13.2 Å². The molecule has 8 heteroatoms. The first-order valence-corrected chi connectivity index (χ1v) is 9.21. The molecule has 5 nitrogen and oxygen atoms in total. The molecule has 0 bridgehead atoms. The molecule has 0 aliphatic carbocycles. The Labute approximate surface area is 156 Å². The molecule has 1 aromatic heterocycles. The lowest BCUT2D eigenvalue weighted by molar-refractivity contribution is -0.142. The lowest BCUT2D eigenvalue weighted by atomic mass is 10.0. The normalized spacial score (nSPS) is 18.3. The predicted molar refractivity (Wildman–Crippen MR) is 98.5 cm³/mol. The van der Waals surface area contributed by atoms with Gasteiger partial charge in [-0.25, -0.2) is 4.98 Å². The lowest BCUT2D eigenvalue weighted by Crippen LogP contribution is -2.50. The van der Waals surface area contributed by atoms with Crippen LogP contribution in [0.1, 0.15) is 32.0 Å². The number of aromatic amines is 1. The van der Waals surface area contributed by atoms with Crippen LogP contribution in [0, 0.1) is 5.92 Å². The lowest BCUT2D eigenvalue weighted by Gasteiger charge is -2.39. The number of alkyl halides is 3. The summed E-state index contributed by atoms with van der Waals surface area (Å²) in [6.07, 6.45) is -4.76. The maximum absolute atomic E-state index is 12.8. The smallest absolute Gasteiger partial charge is 0.319 e. The van der Waals surface area contributed by atoms with E-state index in [0.29, 0.717) is 24.0 Å². The van der Waals surface area contributed by atoms with E-state index in [4.69, 9.17) is 0 Å². The molecule has 1 atom stereocenters. The van der Waals surface area contributed by atoms with E-state index in [0.717, 1.165) is 31.7 Å². The molecule has 2 aromatic rings. The quantitative estimate of drug-likeness (QED) is 0.883. The zero-order chi connectivity index (χ0) is 19.8. The van der Waals surface area contributed by atoms with Gasteiger partial charge in [-0.05, 0) is 30.5 Å². The highest BCUT2D eigenvalue weighted by molar-refractivity contribution is 5.74. The van der Waals surface area contributed by atoms with Gasteiger partial charge in [0.2, 0.25) is 5.69 Å². The van der Waals surface area contributed by atoms with Gasteiger partial charge in [0.15, 0.2) is 0 Å². The topological polar surface area (TPSA) is 52.2 Å². The Bertz CT molecular complexity index is 854. The van der Waals surface area contributed by atoms with Gasteiger partial charge in [0.1, 0.15) is 0 Å². The Morgan fingerprint density at radius 3 is 2.41 bits per heavy atom. The summed E-state index contributed by atoms with van der Waals surface area (Å²) in [6.45, 7) is 11.3. The van der Waals surface area contributed by atoms with Crippen LogP contribution in [0.4, 0.5) is 13.2 Å². The maximum atomic E-state index is 12.8. The molecular formula is C19H25F3N4O. The Morgan fingerprint density at radius 2 is 1.81 bits per heavy atom. The zero-order valence-electron chi connectivity index (χ0n) is 15.8. The van der Waals surface area contributed by atoms with E-state index in [1.807, 2.05) is 0 Å². The minimum Gasteiger partial charge on any atom is -0.319 e. The fourth-order valence-electron chi connectivity index (χ4n) is 3.43. The van der Waals surface area contributed by atoms with Crippen LogP contribution in [0.3, 0.4) is 0 Å². The molecule has 148 valence electrons. The Hall–Kier alpha value is -1.93. The summed E-state index contributed by atoms with van der Waals surface area (Å²) in [6, 6.07) is 5.57. The monoisotopic (exact) mass is 382 g/mol. The number of nitrogens with one attached hydrogen (secondary N) is 1. The van der Waals surface area contributed by atoms with E-state index in [1.54, 1.807) is 12.1 Å². The van der Waals surface area contributed by atoms with Crippen molar-refractivity contribution in [3.8, 4) is 0 Å². The Balaban J connectivity index is 1.71. The molecule has 0 amide bonds. The molecule has 1 fully saturated rings. The van der Waals surface area contributed by atoms with Crippen LogP contribution in [0.2, 0.25) is 0 Å². The van der Waals surface area contributed by atoms with Crippen LogP contribution in [-0.4, -0.2) is 52.0 Å². The summed E-state index contributed by atoms with van der Waals surface area (Å²) >= 11 is 0. The summed E-state index contributed by atoms with van der Waals surface area (Å²) in [5.41, 5.74) is -1.19. The second-order valence-corrected chi connectivity index (χ2v) is 7.56. The van der Waals surface area contributed by atoms with Crippen molar-refractivity contribution in [2.24, 2.45) is 5.92 Å². The molecule has 1 aromatic carbocycles. The number of piperazine rings is 1. The van der Waals surface area contributed by atoms with Gasteiger partial charge < -0.3 is 4.98 Å². The van der Waals surface area contributed by atoms with Gasteiger partial charge in [-0.15, -0.1) is 0 Å². The summed E-state index contributed by atoms with van der Waals surface area (Å²) in [4.78, 5) is 22.3. The fraction of sp³-hybridized carbons (Fsp3) is 0.579. The van der Waals surface area contributed by atoms with Crippen molar-refractivity contribution in [3.63, 3.8) is 0 Å². The summed E-state index contributed by atoms with van der Waals surface area (Å²) in [7, 11) is 0. The minimum absolute atomic E-state index is 0.140. The first-order chi connectivity index (χ1) is 12.6. The third kappa shape index (κ3) is 4.50. The standard InChI is InChI=1S/C19H25F3N4O/c1-12(2)13(3)26-8-6-25(7-9-26)11-14-4-5-15-16(10-14)24-18(27)17(23-15)19(20,21)22/h4-5,10,12-13H,6-9,11H2,1-3H3,(H,24,27)/t13-/m0/s1. The van der Waals surface area contributed by atoms with Gasteiger partial charge in [0.05, 0.1) is 11.0 Å². The van der Waals surface area contributed by atoms with Crippen molar-refractivity contribution >= 4 is 11.0 Å². The van der Waals surface area contributed by atoms with Crippen molar-refractivity contribution in [2.45, 2.75) is 39.5 Å². The second kappa shape index (κ2) is 7.59. The molecule has 0 unspecified atom stereocenters. The number of hydrogen-bond donors (Lipinski definition) is 1. The molecule has 1 N–H and O–H groups in total. The first kappa shape index (κ1) is 19.8. The van der Waals surface area contributed by atoms with Gasteiger partial charge in [0, 0.05) is 38.8 Å². The highest BCUT2D eigenvalue weighted by atomic mass is 19.4. The van der Waals surface area contributed by atoms with E-state index in [-0.39, 0.29) is 5.52 Å². The SMILES string of the molecule is CC(C)[C@H](C)N1CCN(Cc2ccc3nc(C(F)(F)F)c(=O)[nH]c3c2)CC1. The van der Waals surface area contributed by atoms with Gasteiger partial charge >= 0.3 is 6.18 Å². The molecular weight excluding hydrogens is 357 g/mol. The second-order valence-electron chi connectivity index (χ2n) is 7.56. The van der Waals surface area contributed by atoms with Crippen molar-refractivity contribution in [3.05, 3.63) is 39.8 Å². The Kier molecular flexibility index (Phi) is 5.58. The molecule has 1 aliphatic heterocycles. The van der Waals surface area contributed by atoms with E-state index in [9.17, 15) is 18.0 Å². The van der Waals surface area contributed by atoms with Crippen LogP contribution in [0.5, 0.6) is 0 Å². The van der Waals surface area contributed by atoms with Crippen LogP contribution >= 0.6 is 0 Å². The van der Waals surface area contributed by atoms with E-state index in [1.165, 1.54) is 6.07 Å². The van der Waals surface area contributed by atoms with Gasteiger partial charge in [-0.3, -0.25) is 14.6 Å². The molecule has 0 radical (unpaired) electrons. The maximum Gasteiger partial charge on any atom is 0.438 e. The molecule has 0 spiro atoms. The summed E-state index contributed by atoms with van der Waals surface area (Å²) in [5.74, 6) is 0.614. The molecule has 1 saturated heterocycles. The highest BCUT2D eigenvalue weighted by Crippen LogP contribution is 2.26. The molecule has 0 saturated carbocycles. The highest BCUT2D eigenvalue weighted by Gasteiger charge is 2.36. The summed E-state index contributed by atoms with van der Waals surface area (Å²) in [5, 5.41) is 0. The largest absolute Gasteiger partial charge is 0.438 e. The van der Waals surface area contributed by atoms with E-state index >= 15 is 0 Å². The van der Waals surface area contributed by atoms with Crippen LogP contribution < -0.4 is 5.56 Å². The third-order valence-electron chi connectivity index (χ3n) is 5.38.